The van der Waals surface area contributed by atoms with E-state index in [0.29, 0.717) is 48.9 Å². The van der Waals surface area contributed by atoms with Crippen molar-refractivity contribution in [2.75, 3.05) is 19.6 Å². The Morgan fingerprint density at radius 1 is 1.09 bits per heavy atom. The Hall–Kier alpha value is -3.11. The number of rotatable bonds is 5. The van der Waals surface area contributed by atoms with Crippen LogP contribution in [0, 0.1) is 0 Å². The first-order valence-corrected chi connectivity index (χ1v) is 11.9. The summed E-state index contributed by atoms with van der Waals surface area (Å²) in [7, 11) is 0. The lowest BCUT2D eigenvalue weighted by molar-refractivity contribution is 0.0472. The number of alkyl halides is 1. The van der Waals surface area contributed by atoms with Crippen molar-refractivity contribution in [3.05, 3.63) is 62.6 Å². The Kier molecular flexibility index (Phi) is 5.41. The van der Waals surface area contributed by atoms with Gasteiger partial charge in [-0.15, -0.1) is 0 Å². The van der Waals surface area contributed by atoms with E-state index in [9.17, 15) is 14.0 Å². The first kappa shape index (κ1) is 21.4. The average Bonchev–Trinajstić information content (AvgIpc) is 3.23. The third-order valence-electron chi connectivity index (χ3n) is 7.20. The summed E-state index contributed by atoms with van der Waals surface area (Å²) in [6.07, 6.45) is 4.81. The number of nitrogens with one attached hydrogen (secondary N) is 1. The van der Waals surface area contributed by atoms with Gasteiger partial charge in [-0.05, 0) is 50.0 Å². The van der Waals surface area contributed by atoms with Crippen molar-refractivity contribution < 1.29 is 9.13 Å². The standard InChI is InChI=1S/C24H27FN6O3/c25-21-3-1-15-9-17(27-11-20(15)34-21)10-26-16-5-7-29(8-6-16)13-18-14-30-22(32)4-2-19-24(30)31(18)23(33)12-28-19/h2,4,9,11-12,16,18,21,26H,1,3,5-8,10,13-14H2/t18-,21?/m1/s1. The van der Waals surface area contributed by atoms with Crippen molar-refractivity contribution >= 4 is 11.2 Å². The Bertz CT molecular complexity index is 1340. The van der Waals surface area contributed by atoms with Crippen molar-refractivity contribution in [2.24, 2.45) is 0 Å². The predicted molar refractivity (Wildman–Crippen MR) is 124 cm³/mol. The van der Waals surface area contributed by atoms with Gasteiger partial charge in [-0.1, -0.05) is 0 Å². The van der Waals surface area contributed by atoms with E-state index in [4.69, 9.17) is 4.74 Å². The highest BCUT2D eigenvalue weighted by atomic mass is 19.1. The van der Waals surface area contributed by atoms with E-state index in [1.54, 1.807) is 21.4 Å². The van der Waals surface area contributed by atoms with Crippen molar-refractivity contribution in [3.63, 3.8) is 0 Å². The van der Waals surface area contributed by atoms with Gasteiger partial charge in [0.2, 0.25) is 6.36 Å². The summed E-state index contributed by atoms with van der Waals surface area (Å²) in [6.45, 7) is 3.75. The maximum atomic E-state index is 13.4. The normalized spacial score (nSPS) is 22.6. The number of pyridine rings is 2. The molecule has 1 saturated heterocycles. The zero-order valence-corrected chi connectivity index (χ0v) is 18.8. The van der Waals surface area contributed by atoms with Crippen LogP contribution in [-0.4, -0.2) is 56.0 Å². The van der Waals surface area contributed by atoms with Gasteiger partial charge in [0.05, 0.1) is 24.1 Å². The summed E-state index contributed by atoms with van der Waals surface area (Å²) in [4.78, 5) is 35.9. The number of halogens is 1. The third kappa shape index (κ3) is 3.90. The molecule has 0 spiro atoms. The fourth-order valence-corrected chi connectivity index (χ4v) is 5.43. The maximum absolute atomic E-state index is 13.4. The smallest absolute Gasteiger partial charge is 0.270 e. The Balaban J connectivity index is 1.05. The van der Waals surface area contributed by atoms with Crippen LogP contribution in [0.5, 0.6) is 5.75 Å². The van der Waals surface area contributed by atoms with Gasteiger partial charge in [0.25, 0.3) is 11.1 Å². The second kappa shape index (κ2) is 8.59. The molecule has 1 fully saturated rings. The molecule has 10 heteroatoms. The van der Waals surface area contributed by atoms with Gasteiger partial charge in [-0.2, -0.15) is 0 Å². The third-order valence-corrected chi connectivity index (χ3v) is 7.20. The Morgan fingerprint density at radius 2 is 1.94 bits per heavy atom. The molecule has 0 aromatic carbocycles. The zero-order valence-electron chi connectivity index (χ0n) is 18.8. The van der Waals surface area contributed by atoms with Crippen LogP contribution in [0.4, 0.5) is 4.39 Å². The molecule has 6 heterocycles. The average molecular weight is 467 g/mol. The van der Waals surface area contributed by atoms with E-state index < -0.39 is 6.36 Å². The van der Waals surface area contributed by atoms with Crippen molar-refractivity contribution in [1.29, 1.82) is 0 Å². The molecule has 3 aromatic heterocycles. The number of ether oxygens (including phenoxy) is 1. The molecular weight excluding hydrogens is 439 g/mol. The highest BCUT2D eigenvalue weighted by Gasteiger charge is 2.29. The fraction of sp³-hybridized carbons (Fsp3) is 0.500. The van der Waals surface area contributed by atoms with Gasteiger partial charge < -0.3 is 15.0 Å². The number of aryl methyl sites for hydroxylation is 1. The first-order valence-electron chi connectivity index (χ1n) is 11.9. The number of fused-ring (bicyclic) bond motifs is 1. The topological polar surface area (TPSA) is 94.3 Å². The van der Waals surface area contributed by atoms with Gasteiger partial charge >= 0.3 is 0 Å². The fourth-order valence-electron chi connectivity index (χ4n) is 5.43. The van der Waals surface area contributed by atoms with Crippen LogP contribution in [0.15, 0.2) is 40.2 Å². The van der Waals surface area contributed by atoms with Crippen LogP contribution < -0.4 is 21.2 Å². The number of nitrogens with zero attached hydrogens (tertiary/aromatic N) is 5. The molecule has 9 nitrogen and oxygen atoms in total. The molecule has 6 rings (SSSR count). The summed E-state index contributed by atoms with van der Waals surface area (Å²) in [5, 5.41) is 3.60. The van der Waals surface area contributed by atoms with E-state index in [1.165, 1.54) is 12.3 Å². The number of likely N-dealkylation sites (tertiary alicyclic amines) is 1. The molecule has 178 valence electrons. The highest BCUT2D eigenvalue weighted by Crippen LogP contribution is 2.28. The van der Waals surface area contributed by atoms with Crippen LogP contribution in [0.1, 0.15) is 36.6 Å². The second-order valence-electron chi connectivity index (χ2n) is 9.42. The van der Waals surface area contributed by atoms with Gasteiger partial charge in [0.1, 0.15) is 16.9 Å². The molecule has 34 heavy (non-hydrogen) atoms. The lowest BCUT2D eigenvalue weighted by Gasteiger charge is -2.34. The Morgan fingerprint density at radius 3 is 2.79 bits per heavy atom. The minimum absolute atomic E-state index is 0.0663. The van der Waals surface area contributed by atoms with E-state index >= 15 is 0 Å². The molecular formula is C24H27FN6O3. The van der Waals surface area contributed by atoms with Gasteiger partial charge in [-0.3, -0.25) is 23.7 Å². The lowest BCUT2D eigenvalue weighted by atomic mass is 10.0. The molecule has 0 saturated carbocycles. The van der Waals surface area contributed by atoms with Crippen LogP contribution in [0.2, 0.25) is 0 Å². The van der Waals surface area contributed by atoms with Crippen LogP contribution in [-0.2, 0) is 19.5 Å². The number of hydrogen-bond acceptors (Lipinski definition) is 7. The molecule has 1 unspecified atom stereocenters. The molecule has 0 aliphatic carbocycles. The molecule has 3 aliphatic rings. The van der Waals surface area contributed by atoms with E-state index in [2.05, 4.69) is 20.2 Å². The van der Waals surface area contributed by atoms with Crippen molar-refractivity contribution in [2.45, 2.75) is 57.2 Å². The largest absolute Gasteiger partial charge is 0.459 e. The van der Waals surface area contributed by atoms with E-state index in [1.807, 2.05) is 6.07 Å². The lowest BCUT2D eigenvalue weighted by Crippen LogP contribution is -2.44. The summed E-state index contributed by atoms with van der Waals surface area (Å²) >= 11 is 0. The van der Waals surface area contributed by atoms with Gasteiger partial charge in [0.15, 0.2) is 0 Å². The summed E-state index contributed by atoms with van der Waals surface area (Å²) in [5.74, 6) is 0.553. The molecule has 3 aromatic rings. The number of aromatic nitrogens is 4. The summed E-state index contributed by atoms with van der Waals surface area (Å²) < 4.78 is 22.0. The van der Waals surface area contributed by atoms with Crippen molar-refractivity contribution in [3.8, 4) is 5.75 Å². The molecule has 0 bridgehead atoms. The van der Waals surface area contributed by atoms with Gasteiger partial charge in [-0.25, -0.2) is 9.37 Å². The van der Waals surface area contributed by atoms with E-state index in [-0.39, 0.29) is 17.2 Å². The molecule has 1 N–H and O–H groups in total. The van der Waals surface area contributed by atoms with Crippen LogP contribution in [0.3, 0.4) is 0 Å². The monoisotopic (exact) mass is 466 g/mol. The Labute approximate surface area is 195 Å². The molecule has 3 aliphatic heterocycles. The highest BCUT2D eigenvalue weighted by molar-refractivity contribution is 5.71. The first-order chi connectivity index (χ1) is 16.5. The van der Waals surface area contributed by atoms with E-state index in [0.717, 1.165) is 43.7 Å². The molecule has 2 atom stereocenters. The molecule has 0 amide bonds. The second-order valence-corrected chi connectivity index (χ2v) is 9.42. The number of hydrogen-bond donors (Lipinski definition) is 1. The number of piperidine rings is 1. The quantitative estimate of drug-likeness (QED) is 0.607. The van der Waals surface area contributed by atoms with Crippen LogP contribution in [0.25, 0.3) is 11.2 Å². The zero-order chi connectivity index (χ0) is 23.2. The van der Waals surface area contributed by atoms with Gasteiger partial charge in [0, 0.05) is 38.2 Å². The minimum Gasteiger partial charge on any atom is -0.459 e. The summed E-state index contributed by atoms with van der Waals surface area (Å²) in [6, 6.07) is 5.54. The minimum atomic E-state index is -1.23. The van der Waals surface area contributed by atoms with Crippen LogP contribution >= 0.6 is 0 Å². The summed E-state index contributed by atoms with van der Waals surface area (Å²) in [5.41, 5.74) is 3.02. The maximum Gasteiger partial charge on any atom is 0.270 e. The van der Waals surface area contributed by atoms with Crippen molar-refractivity contribution in [1.82, 2.24) is 29.3 Å². The SMILES string of the molecule is O=c1ccc2ncc(=O)n3c2n1C[C@H]3CN1CCC(NCc2cc3c(cn2)OC(F)CC3)CC1. The molecule has 0 radical (unpaired) electrons. The predicted octanol–water partition coefficient (Wildman–Crippen LogP) is 1.38.